The van der Waals surface area contributed by atoms with Crippen molar-refractivity contribution in [2.24, 2.45) is 0 Å². The molecule has 2 heterocycles. The Morgan fingerprint density at radius 2 is 1.83 bits per heavy atom. The molecule has 0 spiro atoms. The number of aromatic nitrogens is 1. The van der Waals surface area contributed by atoms with Gasteiger partial charge in [-0.3, -0.25) is 0 Å². The number of aryl methyl sites for hydroxylation is 1. The highest BCUT2D eigenvalue weighted by atomic mass is 16.5. The van der Waals surface area contributed by atoms with Crippen molar-refractivity contribution in [1.29, 1.82) is 0 Å². The third-order valence-electron chi connectivity index (χ3n) is 4.83. The zero-order valence-corrected chi connectivity index (χ0v) is 14.0. The molecule has 0 amide bonds. The molecule has 0 radical (unpaired) electrons. The fourth-order valence-electron chi connectivity index (χ4n) is 3.63. The van der Waals surface area contributed by atoms with Crippen molar-refractivity contribution in [3.05, 3.63) is 59.3 Å². The predicted octanol–water partition coefficient (Wildman–Crippen LogP) is 3.94. The Morgan fingerprint density at radius 1 is 1.04 bits per heavy atom. The molecule has 23 heavy (non-hydrogen) atoms. The first-order valence-corrected chi connectivity index (χ1v) is 8.13. The summed E-state index contributed by atoms with van der Waals surface area (Å²) in [6.45, 7) is 4.29. The summed E-state index contributed by atoms with van der Waals surface area (Å²) < 4.78 is 7.72. The highest BCUT2D eigenvalue weighted by Gasteiger charge is 2.23. The first-order chi connectivity index (χ1) is 11.2. The molecule has 1 aromatic heterocycles. The summed E-state index contributed by atoms with van der Waals surface area (Å²) in [5.74, 6) is 0.895. The van der Waals surface area contributed by atoms with Crippen molar-refractivity contribution in [3.8, 4) is 11.4 Å². The van der Waals surface area contributed by atoms with Gasteiger partial charge in [0, 0.05) is 29.9 Å². The van der Waals surface area contributed by atoms with Crippen molar-refractivity contribution in [3.63, 3.8) is 0 Å². The van der Waals surface area contributed by atoms with Crippen LogP contribution in [0.2, 0.25) is 0 Å². The van der Waals surface area contributed by atoms with Crippen molar-refractivity contribution < 1.29 is 4.74 Å². The van der Waals surface area contributed by atoms with Gasteiger partial charge in [0.15, 0.2) is 0 Å². The monoisotopic (exact) mass is 306 g/mol. The Labute approximate surface area is 137 Å². The minimum Gasteiger partial charge on any atom is -0.497 e. The minimum atomic E-state index is 0.895. The Balaban J connectivity index is 1.98. The van der Waals surface area contributed by atoms with Crippen LogP contribution in [-0.4, -0.2) is 30.2 Å². The Hall–Kier alpha value is -2.26. The van der Waals surface area contributed by atoms with Gasteiger partial charge in [0.1, 0.15) is 5.75 Å². The van der Waals surface area contributed by atoms with E-state index in [1.807, 2.05) is 12.1 Å². The molecule has 3 heteroatoms. The topological polar surface area (TPSA) is 17.4 Å². The first kappa shape index (κ1) is 14.3. The van der Waals surface area contributed by atoms with Gasteiger partial charge in [-0.15, -0.1) is 0 Å². The number of benzene rings is 2. The first-order valence-electron chi connectivity index (χ1n) is 8.13. The van der Waals surface area contributed by atoms with Gasteiger partial charge in [-0.05, 0) is 62.4 Å². The summed E-state index contributed by atoms with van der Waals surface area (Å²) in [4.78, 5) is 2.40. The van der Waals surface area contributed by atoms with Crippen LogP contribution in [0.3, 0.4) is 0 Å². The summed E-state index contributed by atoms with van der Waals surface area (Å²) in [6.07, 6.45) is 1.12. The van der Waals surface area contributed by atoms with Crippen LogP contribution in [0, 0.1) is 6.92 Å². The summed E-state index contributed by atoms with van der Waals surface area (Å²) in [7, 11) is 3.91. The van der Waals surface area contributed by atoms with E-state index in [9.17, 15) is 0 Å². The second-order valence-corrected chi connectivity index (χ2v) is 6.47. The number of likely N-dealkylation sites (N-methyl/N-ethyl adjacent to an activating group) is 1. The van der Waals surface area contributed by atoms with Crippen molar-refractivity contribution in [2.45, 2.75) is 19.9 Å². The van der Waals surface area contributed by atoms with E-state index >= 15 is 0 Å². The van der Waals surface area contributed by atoms with E-state index in [0.717, 1.165) is 25.3 Å². The predicted molar refractivity (Wildman–Crippen MR) is 94.6 cm³/mol. The van der Waals surface area contributed by atoms with Crippen molar-refractivity contribution >= 4 is 10.9 Å². The third kappa shape index (κ3) is 2.32. The summed E-state index contributed by atoms with van der Waals surface area (Å²) in [5, 5.41) is 1.41. The summed E-state index contributed by atoms with van der Waals surface area (Å²) >= 11 is 0. The molecule has 118 valence electrons. The van der Waals surface area contributed by atoms with Crippen LogP contribution in [0.15, 0.2) is 42.5 Å². The van der Waals surface area contributed by atoms with E-state index in [2.05, 4.69) is 53.8 Å². The Kier molecular flexibility index (Phi) is 3.38. The Bertz CT molecular complexity index is 861. The van der Waals surface area contributed by atoms with E-state index < -0.39 is 0 Å². The molecule has 0 saturated carbocycles. The average molecular weight is 306 g/mol. The Morgan fingerprint density at radius 3 is 2.57 bits per heavy atom. The summed E-state index contributed by atoms with van der Waals surface area (Å²) in [6, 6.07) is 15.2. The molecule has 0 aliphatic carbocycles. The maximum absolute atomic E-state index is 5.30. The van der Waals surface area contributed by atoms with Gasteiger partial charge in [-0.1, -0.05) is 11.6 Å². The molecular weight excluding hydrogens is 284 g/mol. The number of rotatable bonds is 2. The van der Waals surface area contributed by atoms with Crippen LogP contribution in [0.1, 0.15) is 16.8 Å². The lowest BCUT2D eigenvalue weighted by molar-refractivity contribution is 0.307. The molecule has 0 saturated heterocycles. The second-order valence-electron chi connectivity index (χ2n) is 6.47. The fourth-order valence-corrected chi connectivity index (χ4v) is 3.63. The minimum absolute atomic E-state index is 0.895. The van der Waals surface area contributed by atoms with Gasteiger partial charge < -0.3 is 14.2 Å². The van der Waals surface area contributed by atoms with Crippen molar-refractivity contribution in [1.82, 2.24) is 9.47 Å². The lowest BCUT2D eigenvalue weighted by Gasteiger charge is -2.24. The molecule has 3 aromatic rings. The van der Waals surface area contributed by atoms with Gasteiger partial charge in [-0.2, -0.15) is 0 Å². The lowest BCUT2D eigenvalue weighted by Crippen LogP contribution is -2.27. The number of hydrogen-bond acceptors (Lipinski definition) is 2. The molecule has 4 rings (SSSR count). The zero-order chi connectivity index (χ0) is 16.0. The third-order valence-corrected chi connectivity index (χ3v) is 4.83. The summed E-state index contributed by atoms with van der Waals surface area (Å²) in [5.41, 5.74) is 6.77. The molecule has 3 nitrogen and oxygen atoms in total. The van der Waals surface area contributed by atoms with E-state index in [-0.39, 0.29) is 0 Å². The number of methoxy groups -OCH3 is 1. The normalized spacial score (nSPS) is 14.9. The maximum Gasteiger partial charge on any atom is 0.119 e. The number of nitrogens with zero attached hydrogens (tertiary/aromatic N) is 2. The zero-order valence-electron chi connectivity index (χ0n) is 14.0. The highest BCUT2D eigenvalue weighted by Crippen LogP contribution is 2.34. The molecular formula is C20H22N2O. The molecule has 0 atom stereocenters. The van der Waals surface area contributed by atoms with E-state index in [1.54, 1.807) is 7.11 Å². The maximum atomic E-state index is 5.30. The van der Waals surface area contributed by atoms with Crippen LogP contribution in [-0.2, 0) is 13.0 Å². The standard InChI is InChI=1S/C20H22N2O/c1-14-4-9-19-18(12-14)17-10-11-21(2)13-20(17)22(19)15-5-7-16(23-3)8-6-15/h4-9,12H,10-11,13H2,1-3H3. The van der Waals surface area contributed by atoms with Crippen LogP contribution in [0.5, 0.6) is 5.75 Å². The van der Waals surface area contributed by atoms with Gasteiger partial charge >= 0.3 is 0 Å². The smallest absolute Gasteiger partial charge is 0.119 e. The number of fused-ring (bicyclic) bond motifs is 3. The average Bonchev–Trinajstić information content (AvgIpc) is 2.87. The molecule has 0 N–H and O–H groups in total. The molecule has 2 aromatic carbocycles. The van der Waals surface area contributed by atoms with Crippen LogP contribution in [0.25, 0.3) is 16.6 Å². The van der Waals surface area contributed by atoms with E-state index in [0.29, 0.717) is 0 Å². The molecule has 1 aliphatic heterocycles. The number of ether oxygens (including phenoxy) is 1. The largest absolute Gasteiger partial charge is 0.497 e. The van der Waals surface area contributed by atoms with Gasteiger partial charge in [0.05, 0.1) is 12.6 Å². The van der Waals surface area contributed by atoms with E-state index in [1.165, 1.54) is 33.4 Å². The van der Waals surface area contributed by atoms with E-state index in [4.69, 9.17) is 4.74 Å². The van der Waals surface area contributed by atoms with Gasteiger partial charge in [0.2, 0.25) is 0 Å². The molecule has 1 aliphatic rings. The molecule has 0 fully saturated rings. The van der Waals surface area contributed by atoms with Crippen molar-refractivity contribution in [2.75, 3.05) is 20.7 Å². The SMILES string of the molecule is COc1ccc(-n2c3c(c4cc(C)ccc42)CCN(C)C3)cc1. The second kappa shape index (κ2) is 5.43. The fraction of sp³-hybridized carbons (Fsp3) is 0.300. The molecule has 0 unspecified atom stereocenters. The quantitative estimate of drug-likeness (QED) is 0.713. The van der Waals surface area contributed by atoms with Crippen LogP contribution >= 0.6 is 0 Å². The number of hydrogen-bond donors (Lipinski definition) is 0. The molecule has 0 bridgehead atoms. The highest BCUT2D eigenvalue weighted by molar-refractivity contribution is 5.88. The van der Waals surface area contributed by atoms with Gasteiger partial charge in [0.25, 0.3) is 0 Å². The lowest BCUT2D eigenvalue weighted by atomic mass is 10.0. The van der Waals surface area contributed by atoms with Gasteiger partial charge in [-0.25, -0.2) is 0 Å². The van der Waals surface area contributed by atoms with Crippen LogP contribution in [0.4, 0.5) is 0 Å². The van der Waals surface area contributed by atoms with Crippen LogP contribution < -0.4 is 4.74 Å².